The summed E-state index contributed by atoms with van der Waals surface area (Å²) in [6, 6.07) is 14.5. The van der Waals surface area contributed by atoms with Crippen molar-refractivity contribution in [1.82, 2.24) is 4.31 Å². The van der Waals surface area contributed by atoms with Crippen LogP contribution in [-0.2, 0) is 21.4 Å². The summed E-state index contributed by atoms with van der Waals surface area (Å²) in [4.78, 5) is 11.9. The zero-order valence-corrected chi connectivity index (χ0v) is 15.3. The van der Waals surface area contributed by atoms with Crippen molar-refractivity contribution in [2.45, 2.75) is 13.5 Å². The molecule has 1 amide bonds. The van der Waals surface area contributed by atoms with Gasteiger partial charge in [0.2, 0.25) is 10.0 Å². The van der Waals surface area contributed by atoms with Crippen LogP contribution in [0.4, 0.5) is 5.69 Å². The lowest BCUT2D eigenvalue weighted by Crippen LogP contribution is -2.24. The minimum Gasteiger partial charge on any atom is -0.484 e. The lowest BCUT2D eigenvalue weighted by atomic mass is 10.2. The van der Waals surface area contributed by atoms with Gasteiger partial charge in [-0.15, -0.1) is 0 Å². The van der Waals surface area contributed by atoms with Crippen LogP contribution in [0, 0.1) is 6.92 Å². The first-order valence-electron chi connectivity index (χ1n) is 7.73. The summed E-state index contributed by atoms with van der Waals surface area (Å²) in [7, 11) is -1.69. The van der Waals surface area contributed by atoms with E-state index in [-0.39, 0.29) is 19.1 Å². The average Bonchev–Trinajstić information content (AvgIpc) is 2.55. The highest BCUT2D eigenvalue weighted by molar-refractivity contribution is 7.88. The second-order valence-electron chi connectivity index (χ2n) is 5.87. The number of benzene rings is 2. The number of carbonyl (C=O) groups excluding carboxylic acids is 1. The summed E-state index contributed by atoms with van der Waals surface area (Å²) in [6.07, 6.45) is 1.16. The molecule has 25 heavy (non-hydrogen) atoms. The molecule has 0 atom stereocenters. The van der Waals surface area contributed by atoms with Gasteiger partial charge in [-0.1, -0.05) is 29.8 Å². The molecule has 0 radical (unpaired) electrons. The Morgan fingerprint density at radius 1 is 1.08 bits per heavy atom. The second kappa shape index (κ2) is 8.13. The van der Waals surface area contributed by atoms with E-state index in [2.05, 4.69) is 5.32 Å². The standard InChI is InChI=1S/C18H22N2O4S/c1-14-4-8-16(9-5-14)19-18(21)13-24-17-10-6-15(7-11-17)12-20(2)25(3,22)23/h4-11H,12-13H2,1-3H3,(H,19,21). The van der Waals surface area contributed by atoms with Gasteiger partial charge in [-0.2, -0.15) is 0 Å². The van der Waals surface area contributed by atoms with Gasteiger partial charge in [0.15, 0.2) is 6.61 Å². The van der Waals surface area contributed by atoms with Crippen LogP contribution in [0.25, 0.3) is 0 Å². The van der Waals surface area contributed by atoms with E-state index in [1.807, 2.05) is 31.2 Å². The van der Waals surface area contributed by atoms with Crippen LogP contribution in [-0.4, -0.2) is 38.5 Å². The molecule has 0 spiro atoms. The zero-order valence-electron chi connectivity index (χ0n) is 14.5. The van der Waals surface area contributed by atoms with Crippen LogP contribution in [0.15, 0.2) is 48.5 Å². The number of hydrogen-bond donors (Lipinski definition) is 1. The number of carbonyl (C=O) groups is 1. The van der Waals surface area contributed by atoms with Crippen molar-refractivity contribution in [3.05, 3.63) is 59.7 Å². The molecule has 2 rings (SSSR count). The van der Waals surface area contributed by atoms with Crippen LogP contribution in [0.5, 0.6) is 5.75 Å². The monoisotopic (exact) mass is 362 g/mol. The molecule has 0 heterocycles. The SMILES string of the molecule is Cc1ccc(NC(=O)COc2ccc(CN(C)S(C)(=O)=O)cc2)cc1. The fourth-order valence-corrected chi connectivity index (χ4v) is 2.43. The van der Waals surface area contributed by atoms with Gasteiger partial charge >= 0.3 is 0 Å². The van der Waals surface area contributed by atoms with Gasteiger partial charge in [0.05, 0.1) is 6.26 Å². The van der Waals surface area contributed by atoms with Crippen LogP contribution in [0.3, 0.4) is 0 Å². The van der Waals surface area contributed by atoms with Gasteiger partial charge in [0, 0.05) is 19.3 Å². The number of hydrogen-bond acceptors (Lipinski definition) is 4. The first-order valence-corrected chi connectivity index (χ1v) is 9.58. The molecular weight excluding hydrogens is 340 g/mol. The zero-order chi connectivity index (χ0) is 18.4. The molecular formula is C18H22N2O4S. The number of anilines is 1. The van der Waals surface area contributed by atoms with Gasteiger partial charge in [-0.25, -0.2) is 12.7 Å². The quantitative estimate of drug-likeness (QED) is 0.821. The van der Waals surface area contributed by atoms with Crippen molar-refractivity contribution in [2.24, 2.45) is 0 Å². The Labute approximate surface area is 148 Å². The molecule has 0 saturated carbocycles. The number of rotatable bonds is 7. The van der Waals surface area contributed by atoms with Gasteiger partial charge in [-0.3, -0.25) is 4.79 Å². The molecule has 0 aliphatic heterocycles. The lowest BCUT2D eigenvalue weighted by Gasteiger charge is -2.14. The number of nitrogens with one attached hydrogen (secondary N) is 1. The molecule has 6 nitrogen and oxygen atoms in total. The first kappa shape index (κ1) is 19.0. The molecule has 0 aliphatic carbocycles. The molecule has 0 fully saturated rings. The van der Waals surface area contributed by atoms with E-state index in [0.29, 0.717) is 5.75 Å². The molecule has 134 valence electrons. The summed E-state index contributed by atoms with van der Waals surface area (Å²) in [6.45, 7) is 2.16. The van der Waals surface area contributed by atoms with Gasteiger partial charge in [0.25, 0.3) is 5.91 Å². The fraction of sp³-hybridized carbons (Fsp3) is 0.278. The van der Waals surface area contributed by atoms with Crippen molar-refractivity contribution in [3.8, 4) is 5.75 Å². The molecule has 0 aromatic heterocycles. The summed E-state index contributed by atoms with van der Waals surface area (Å²) in [5, 5.41) is 2.76. The van der Waals surface area contributed by atoms with E-state index in [1.54, 1.807) is 24.3 Å². The predicted molar refractivity (Wildman–Crippen MR) is 98.1 cm³/mol. The molecule has 7 heteroatoms. The molecule has 2 aromatic rings. The van der Waals surface area contributed by atoms with Crippen molar-refractivity contribution in [1.29, 1.82) is 0 Å². The van der Waals surface area contributed by atoms with E-state index in [0.717, 1.165) is 23.1 Å². The van der Waals surface area contributed by atoms with Gasteiger partial charge in [0.1, 0.15) is 5.75 Å². The molecule has 0 unspecified atom stereocenters. The highest BCUT2D eigenvalue weighted by Crippen LogP contribution is 2.14. The van der Waals surface area contributed by atoms with Crippen LogP contribution in [0.2, 0.25) is 0 Å². The van der Waals surface area contributed by atoms with Crippen molar-refractivity contribution < 1.29 is 17.9 Å². The van der Waals surface area contributed by atoms with Crippen molar-refractivity contribution in [2.75, 3.05) is 25.2 Å². The Hall–Kier alpha value is -2.38. The number of aryl methyl sites for hydroxylation is 1. The summed E-state index contributed by atoms with van der Waals surface area (Å²) >= 11 is 0. The Morgan fingerprint density at radius 2 is 1.68 bits per heavy atom. The Balaban J connectivity index is 1.84. The maximum atomic E-state index is 11.9. The minimum atomic E-state index is -3.22. The highest BCUT2D eigenvalue weighted by atomic mass is 32.2. The van der Waals surface area contributed by atoms with E-state index in [9.17, 15) is 13.2 Å². The first-order chi connectivity index (χ1) is 11.7. The fourth-order valence-electron chi connectivity index (χ4n) is 2.05. The minimum absolute atomic E-state index is 0.101. The largest absolute Gasteiger partial charge is 0.484 e. The molecule has 1 N–H and O–H groups in total. The number of ether oxygens (including phenoxy) is 1. The van der Waals surface area contributed by atoms with E-state index in [1.165, 1.54) is 11.4 Å². The Bertz CT molecular complexity index is 815. The van der Waals surface area contributed by atoms with Crippen LogP contribution >= 0.6 is 0 Å². The summed E-state index contributed by atoms with van der Waals surface area (Å²) in [5.74, 6) is 0.301. The smallest absolute Gasteiger partial charge is 0.262 e. The van der Waals surface area contributed by atoms with E-state index in [4.69, 9.17) is 4.74 Å². The number of nitrogens with zero attached hydrogens (tertiary/aromatic N) is 1. The average molecular weight is 362 g/mol. The normalized spacial score (nSPS) is 11.4. The van der Waals surface area contributed by atoms with Crippen molar-refractivity contribution in [3.63, 3.8) is 0 Å². The van der Waals surface area contributed by atoms with Crippen LogP contribution < -0.4 is 10.1 Å². The summed E-state index contributed by atoms with van der Waals surface area (Å²) < 4.78 is 29.5. The molecule has 0 bridgehead atoms. The second-order valence-corrected chi connectivity index (χ2v) is 7.96. The Morgan fingerprint density at radius 3 is 2.24 bits per heavy atom. The van der Waals surface area contributed by atoms with Gasteiger partial charge < -0.3 is 10.1 Å². The third-order valence-corrected chi connectivity index (χ3v) is 4.86. The molecule has 0 aliphatic rings. The third-order valence-electron chi connectivity index (χ3n) is 3.60. The number of amides is 1. The lowest BCUT2D eigenvalue weighted by molar-refractivity contribution is -0.118. The van der Waals surface area contributed by atoms with Crippen molar-refractivity contribution >= 4 is 21.6 Å². The molecule has 2 aromatic carbocycles. The highest BCUT2D eigenvalue weighted by Gasteiger charge is 2.11. The van der Waals surface area contributed by atoms with E-state index < -0.39 is 10.0 Å². The summed E-state index contributed by atoms with van der Waals surface area (Å²) in [5.41, 5.74) is 2.68. The maximum absolute atomic E-state index is 11.9. The molecule has 0 saturated heterocycles. The topological polar surface area (TPSA) is 75.7 Å². The number of sulfonamides is 1. The van der Waals surface area contributed by atoms with Gasteiger partial charge in [-0.05, 0) is 36.8 Å². The predicted octanol–water partition coefficient (Wildman–Crippen LogP) is 2.40. The Kier molecular flexibility index (Phi) is 6.17. The third kappa shape index (κ3) is 6.21. The maximum Gasteiger partial charge on any atom is 0.262 e. The van der Waals surface area contributed by atoms with E-state index >= 15 is 0 Å². The van der Waals surface area contributed by atoms with Crippen LogP contribution in [0.1, 0.15) is 11.1 Å².